The average molecular weight is 238 g/mol. The normalized spacial score (nSPS) is 38.4. The van der Waals surface area contributed by atoms with E-state index >= 15 is 0 Å². The first kappa shape index (κ1) is 12.9. The van der Waals surface area contributed by atoms with Gasteiger partial charge in [0.1, 0.15) is 0 Å². The van der Waals surface area contributed by atoms with Crippen LogP contribution in [0.15, 0.2) is 0 Å². The van der Waals surface area contributed by atoms with E-state index in [2.05, 4.69) is 18.7 Å². The highest BCUT2D eigenvalue weighted by molar-refractivity contribution is 5.79. The summed E-state index contributed by atoms with van der Waals surface area (Å²) < 4.78 is 0. The van der Waals surface area contributed by atoms with E-state index in [1.165, 1.54) is 12.8 Å². The van der Waals surface area contributed by atoms with Crippen LogP contribution >= 0.6 is 0 Å². The molecule has 1 saturated heterocycles. The first-order chi connectivity index (χ1) is 8.10. The summed E-state index contributed by atoms with van der Waals surface area (Å²) in [7, 11) is 0. The molecule has 2 fully saturated rings. The molecule has 4 atom stereocenters. The molecule has 1 aliphatic carbocycles. The fourth-order valence-corrected chi connectivity index (χ4v) is 3.48. The molecule has 0 aromatic rings. The van der Waals surface area contributed by atoms with E-state index < -0.39 is 0 Å². The molecular formula is C14H26N2O. The second-order valence-electron chi connectivity index (χ2n) is 6.12. The van der Waals surface area contributed by atoms with Crippen LogP contribution in [0.4, 0.5) is 0 Å². The Morgan fingerprint density at radius 1 is 1.35 bits per heavy atom. The molecule has 4 unspecified atom stereocenters. The fraction of sp³-hybridized carbons (Fsp3) is 0.929. The van der Waals surface area contributed by atoms with Gasteiger partial charge < -0.3 is 10.6 Å². The highest BCUT2D eigenvalue weighted by Crippen LogP contribution is 2.31. The van der Waals surface area contributed by atoms with Gasteiger partial charge in [-0.25, -0.2) is 0 Å². The van der Waals surface area contributed by atoms with Gasteiger partial charge in [0.25, 0.3) is 0 Å². The Morgan fingerprint density at radius 2 is 2.12 bits per heavy atom. The first-order valence-corrected chi connectivity index (χ1v) is 7.14. The van der Waals surface area contributed by atoms with Gasteiger partial charge in [-0.05, 0) is 37.5 Å². The van der Waals surface area contributed by atoms with Crippen LogP contribution in [-0.2, 0) is 4.79 Å². The van der Waals surface area contributed by atoms with Crippen LogP contribution in [0.3, 0.4) is 0 Å². The molecule has 2 N–H and O–H groups in total. The van der Waals surface area contributed by atoms with Crippen LogP contribution in [-0.4, -0.2) is 29.9 Å². The van der Waals surface area contributed by atoms with Crippen molar-refractivity contribution in [2.45, 2.75) is 52.0 Å². The maximum absolute atomic E-state index is 12.4. The van der Waals surface area contributed by atoms with Crippen molar-refractivity contribution in [3.63, 3.8) is 0 Å². The zero-order valence-corrected chi connectivity index (χ0v) is 11.2. The number of rotatable bonds is 2. The third-order valence-corrected chi connectivity index (χ3v) is 4.50. The summed E-state index contributed by atoms with van der Waals surface area (Å²) in [6.45, 7) is 6.39. The van der Waals surface area contributed by atoms with Crippen molar-refractivity contribution in [2.75, 3.05) is 13.1 Å². The number of nitrogens with two attached hydrogens (primary N) is 1. The van der Waals surface area contributed by atoms with Crippen LogP contribution < -0.4 is 5.73 Å². The molecule has 1 saturated carbocycles. The van der Waals surface area contributed by atoms with Crippen LogP contribution in [0.2, 0.25) is 0 Å². The van der Waals surface area contributed by atoms with E-state index in [1.807, 2.05) is 0 Å². The van der Waals surface area contributed by atoms with Gasteiger partial charge in [0, 0.05) is 25.0 Å². The standard InChI is InChI=1S/C14H26N2O/c1-3-11-4-5-16(9-11)14(17)12-6-10(2)7-13(15)8-12/h10-13H,3-9,15H2,1-2H3. The van der Waals surface area contributed by atoms with Crippen molar-refractivity contribution in [2.24, 2.45) is 23.5 Å². The lowest BCUT2D eigenvalue weighted by Crippen LogP contribution is -2.41. The lowest BCUT2D eigenvalue weighted by atomic mass is 9.79. The third kappa shape index (κ3) is 3.01. The highest BCUT2D eigenvalue weighted by atomic mass is 16.2. The van der Waals surface area contributed by atoms with E-state index in [1.54, 1.807) is 0 Å². The van der Waals surface area contributed by atoms with Crippen LogP contribution in [0.5, 0.6) is 0 Å². The smallest absolute Gasteiger partial charge is 0.225 e. The quantitative estimate of drug-likeness (QED) is 0.800. The minimum Gasteiger partial charge on any atom is -0.342 e. The van der Waals surface area contributed by atoms with E-state index in [0.29, 0.717) is 11.8 Å². The van der Waals surface area contributed by atoms with Crippen molar-refractivity contribution < 1.29 is 4.79 Å². The summed E-state index contributed by atoms with van der Waals surface area (Å²) in [5.74, 6) is 1.92. The second kappa shape index (κ2) is 5.38. The van der Waals surface area contributed by atoms with E-state index in [9.17, 15) is 4.79 Å². The molecule has 1 aliphatic heterocycles. The van der Waals surface area contributed by atoms with Crippen molar-refractivity contribution >= 4 is 5.91 Å². The van der Waals surface area contributed by atoms with Gasteiger partial charge in [-0.15, -0.1) is 0 Å². The second-order valence-corrected chi connectivity index (χ2v) is 6.12. The van der Waals surface area contributed by atoms with E-state index in [4.69, 9.17) is 5.73 Å². The minimum absolute atomic E-state index is 0.198. The predicted octanol–water partition coefficient (Wildman–Crippen LogP) is 2.01. The zero-order valence-electron chi connectivity index (χ0n) is 11.2. The number of likely N-dealkylation sites (tertiary alicyclic amines) is 1. The maximum Gasteiger partial charge on any atom is 0.225 e. The van der Waals surface area contributed by atoms with Crippen LogP contribution in [0.25, 0.3) is 0 Å². The minimum atomic E-state index is 0.198. The Morgan fingerprint density at radius 3 is 2.71 bits per heavy atom. The van der Waals surface area contributed by atoms with Crippen LogP contribution in [0.1, 0.15) is 46.0 Å². The molecule has 0 spiro atoms. The number of amides is 1. The van der Waals surface area contributed by atoms with Gasteiger partial charge in [-0.1, -0.05) is 20.3 Å². The molecule has 17 heavy (non-hydrogen) atoms. The van der Waals surface area contributed by atoms with Crippen molar-refractivity contribution in [3.05, 3.63) is 0 Å². The van der Waals surface area contributed by atoms with Crippen molar-refractivity contribution in [3.8, 4) is 0 Å². The largest absolute Gasteiger partial charge is 0.342 e. The molecule has 3 nitrogen and oxygen atoms in total. The molecule has 98 valence electrons. The monoisotopic (exact) mass is 238 g/mol. The molecule has 0 bridgehead atoms. The molecule has 2 rings (SSSR count). The molecule has 0 aromatic heterocycles. The Hall–Kier alpha value is -0.570. The van der Waals surface area contributed by atoms with Gasteiger partial charge in [-0.3, -0.25) is 4.79 Å². The SMILES string of the molecule is CCC1CCN(C(=O)C2CC(C)CC(N)C2)C1. The average Bonchev–Trinajstić information content (AvgIpc) is 2.75. The molecule has 3 heteroatoms. The summed E-state index contributed by atoms with van der Waals surface area (Å²) in [6.07, 6.45) is 5.42. The Labute approximate surface area is 105 Å². The first-order valence-electron chi connectivity index (χ1n) is 7.14. The molecule has 0 radical (unpaired) electrons. The predicted molar refractivity (Wildman–Crippen MR) is 69.5 cm³/mol. The highest BCUT2D eigenvalue weighted by Gasteiger charge is 2.34. The summed E-state index contributed by atoms with van der Waals surface area (Å²) in [6, 6.07) is 0.234. The fourth-order valence-electron chi connectivity index (χ4n) is 3.48. The number of carbonyl (C=O) groups excluding carboxylic acids is 1. The van der Waals surface area contributed by atoms with Gasteiger partial charge in [-0.2, -0.15) is 0 Å². The number of hydrogen-bond donors (Lipinski definition) is 1. The number of hydrogen-bond acceptors (Lipinski definition) is 2. The number of carbonyl (C=O) groups is 1. The van der Waals surface area contributed by atoms with E-state index in [0.717, 1.165) is 38.3 Å². The van der Waals surface area contributed by atoms with E-state index in [-0.39, 0.29) is 12.0 Å². The van der Waals surface area contributed by atoms with Crippen LogP contribution in [0, 0.1) is 17.8 Å². The summed E-state index contributed by atoms with van der Waals surface area (Å²) >= 11 is 0. The Bertz CT molecular complexity index is 269. The summed E-state index contributed by atoms with van der Waals surface area (Å²) in [5.41, 5.74) is 6.03. The Kier molecular flexibility index (Phi) is 4.08. The van der Waals surface area contributed by atoms with Gasteiger partial charge in [0.05, 0.1) is 0 Å². The van der Waals surface area contributed by atoms with Gasteiger partial charge in [0.2, 0.25) is 5.91 Å². The summed E-state index contributed by atoms with van der Waals surface area (Å²) in [4.78, 5) is 14.5. The molecule has 1 amide bonds. The van der Waals surface area contributed by atoms with Crippen molar-refractivity contribution in [1.29, 1.82) is 0 Å². The zero-order chi connectivity index (χ0) is 12.4. The molecule has 0 aromatic carbocycles. The number of nitrogens with zero attached hydrogens (tertiary/aromatic N) is 1. The lowest BCUT2D eigenvalue weighted by Gasteiger charge is -2.32. The molecule has 2 aliphatic rings. The third-order valence-electron chi connectivity index (χ3n) is 4.50. The maximum atomic E-state index is 12.4. The molecular weight excluding hydrogens is 212 g/mol. The van der Waals surface area contributed by atoms with Crippen molar-refractivity contribution in [1.82, 2.24) is 4.90 Å². The van der Waals surface area contributed by atoms with Gasteiger partial charge in [0.15, 0.2) is 0 Å². The topological polar surface area (TPSA) is 46.3 Å². The van der Waals surface area contributed by atoms with Gasteiger partial charge >= 0.3 is 0 Å². The lowest BCUT2D eigenvalue weighted by molar-refractivity contribution is -0.136. The summed E-state index contributed by atoms with van der Waals surface area (Å²) in [5, 5.41) is 0. The Balaban J connectivity index is 1.91. The molecule has 1 heterocycles.